The van der Waals surface area contributed by atoms with Crippen LogP contribution in [0.2, 0.25) is 0 Å². The molecule has 0 amide bonds. The summed E-state index contributed by atoms with van der Waals surface area (Å²) in [5.74, 6) is -0.911. The lowest BCUT2D eigenvalue weighted by atomic mass is 9.95. The van der Waals surface area contributed by atoms with Gasteiger partial charge in [-0.2, -0.15) is 0 Å². The second-order valence-electron chi connectivity index (χ2n) is 5.95. The van der Waals surface area contributed by atoms with Crippen LogP contribution in [-0.2, 0) is 14.4 Å². The third-order valence-corrected chi connectivity index (χ3v) is 4.31. The molecule has 1 saturated carbocycles. The summed E-state index contributed by atoms with van der Waals surface area (Å²) >= 11 is 1.47. The molecule has 1 fully saturated rings. The first-order valence-corrected chi connectivity index (χ1v) is 7.64. The molecule has 1 rings (SSSR count). The third kappa shape index (κ3) is 6.29. The van der Waals surface area contributed by atoms with Gasteiger partial charge in [0.25, 0.3) is 0 Å². The topological polar surface area (TPSA) is 75.6 Å². The van der Waals surface area contributed by atoms with Crippen LogP contribution in [-0.4, -0.2) is 34.1 Å². The highest BCUT2D eigenvalue weighted by Gasteiger charge is 2.27. The van der Waals surface area contributed by atoms with Gasteiger partial charge in [-0.05, 0) is 40.0 Å². The van der Waals surface area contributed by atoms with E-state index < -0.39 is 11.4 Å². The molecule has 0 aromatic rings. The largest absolute Gasteiger partial charge is 0.481 e. The van der Waals surface area contributed by atoms with Crippen molar-refractivity contribution in [1.29, 1.82) is 0 Å². The van der Waals surface area contributed by atoms with Crippen molar-refractivity contribution in [3.8, 4) is 0 Å². The molecule has 19 heavy (non-hydrogen) atoms. The number of hydrogen-bond donors (Lipinski definition) is 2. The molecule has 1 aliphatic carbocycles. The van der Waals surface area contributed by atoms with E-state index in [1.807, 2.05) is 20.8 Å². The van der Waals surface area contributed by atoms with E-state index in [-0.39, 0.29) is 17.8 Å². The van der Waals surface area contributed by atoms with Crippen LogP contribution >= 0.6 is 11.8 Å². The maximum absolute atomic E-state index is 11.6. The number of carboxylic acid groups (broad SMARTS) is 1. The van der Waals surface area contributed by atoms with Crippen LogP contribution < -0.4 is 5.48 Å². The van der Waals surface area contributed by atoms with Gasteiger partial charge < -0.3 is 9.94 Å². The summed E-state index contributed by atoms with van der Waals surface area (Å²) in [7, 11) is 0. The summed E-state index contributed by atoms with van der Waals surface area (Å²) in [5.41, 5.74) is 2.32. The van der Waals surface area contributed by atoms with Gasteiger partial charge >= 0.3 is 11.9 Å². The average Bonchev–Trinajstić information content (AvgIpc) is 2.32. The van der Waals surface area contributed by atoms with Gasteiger partial charge in [0.05, 0.1) is 11.2 Å². The minimum absolute atomic E-state index is 0.131. The van der Waals surface area contributed by atoms with Crippen LogP contribution in [0.5, 0.6) is 0 Å². The zero-order chi connectivity index (χ0) is 14.5. The average molecular weight is 289 g/mol. The van der Waals surface area contributed by atoms with Crippen molar-refractivity contribution < 1.29 is 19.5 Å². The molecule has 0 aliphatic heterocycles. The Bertz CT molecular complexity index is 327. The first kappa shape index (κ1) is 16.3. The lowest BCUT2D eigenvalue weighted by molar-refractivity contribution is -0.163. The lowest BCUT2D eigenvalue weighted by Crippen LogP contribution is -2.39. The molecule has 0 radical (unpaired) electrons. The smallest absolute Gasteiger partial charge is 0.329 e. The molecule has 2 unspecified atom stereocenters. The molecule has 0 heterocycles. The van der Waals surface area contributed by atoms with E-state index in [1.165, 1.54) is 11.8 Å². The minimum atomic E-state index is -0.778. The van der Waals surface area contributed by atoms with Crippen LogP contribution in [0.25, 0.3) is 0 Å². The molecular formula is C13H23NO4S. The zero-order valence-electron chi connectivity index (χ0n) is 11.8. The predicted molar refractivity (Wildman–Crippen MR) is 74.8 cm³/mol. The molecule has 110 valence electrons. The predicted octanol–water partition coefficient (Wildman–Crippen LogP) is 2.21. The lowest BCUT2D eigenvalue weighted by Gasteiger charge is -2.29. The zero-order valence-corrected chi connectivity index (χ0v) is 12.6. The van der Waals surface area contributed by atoms with Crippen molar-refractivity contribution in [2.75, 3.05) is 5.75 Å². The minimum Gasteiger partial charge on any atom is -0.481 e. The van der Waals surface area contributed by atoms with Crippen molar-refractivity contribution in [2.24, 2.45) is 5.41 Å². The van der Waals surface area contributed by atoms with E-state index in [2.05, 4.69) is 5.48 Å². The Hall–Kier alpha value is -0.750. The fourth-order valence-electron chi connectivity index (χ4n) is 1.88. The van der Waals surface area contributed by atoms with E-state index in [9.17, 15) is 9.59 Å². The number of carbonyl (C=O) groups is 2. The third-order valence-electron chi connectivity index (χ3n) is 3.00. The summed E-state index contributed by atoms with van der Waals surface area (Å²) in [5, 5.41) is 9.00. The molecule has 0 aromatic heterocycles. The van der Waals surface area contributed by atoms with Gasteiger partial charge in [-0.15, -0.1) is 17.2 Å². The van der Waals surface area contributed by atoms with E-state index in [1.54, 1.807) is 0 Å². The Balaban J connectivity index is 2.31. The first-order valence-electron chi connectivity index (χ1n) is 6.59. The van der Waals surface area contributed by atoms with Gasteiger partial charge in [-0.1, -0.05) is 6.42 Å². The SMILES string of the molecule is CC(C)(C)C(=O)ONC1CCCC(SCC(=O)O)C1. The standard InChI is InChI=1S/C13H23NO4S/c1-13(2,3)12(17)18-14-9-5-4-6-10(7-9)19-8-11(15)16/h9-10,14H,4-8H2,1-3H3,(H,15,16). The fourth-order valence-corrected chi connectivity index (χ4v) is 2.96. The molecule has 2 atom stereocenters. The monoisotopic (exact) mass is 289 g/mol. The molecule has 0 spiro atoms. The van der Waals surface area contributed by atoms with Crippen molar-refractivity contribution in [1.82, 2.24) is 5.48 Å². The fraction of sp³-hybridized carbons (Fsp3) is 0.846. The molecule has 5 nitrogen and oxygen atoms in total. The Morgan fingerprint density at radius 2 is 2.05 bits per heavy atom. The van der Waals surface area contributed by atoms with Gasteiger partial charge in [-0.3, -0.25) is 4.79 Å². The molecule has 1 aliphatic rings. The molecular weight excluding hydrogens is 266 g/mol. The van der Waals surface area contributed by atoms with Gasteiger partial charge in [-0.25, -0.2) is 4.79 Å². The van der Waals surface area contributed by atoms with Gasteiger partial charge in [0.2, 0.25) is 0 Å². The number of hydroxylamine groups is 1. The molecule has 2 N–H and O–H groups in total. The van der Waals surface area contributed by atoms with E-state index in [4.69, 9.17) is 9.94 Å². The van der Waals surface area contributed by atoms with E-state index in [0.717, 1.165) is 25.7 Å². The summed E-state index contributed by atoms with van der Waals surface area (Å²) < 4.78 is 0. The van der Waals surface area contributed by atoms with Crippen LogP contribution in [0.1, 0.15) is 46.5 Å². The number of hydrogen-bond acceptors (Lipinski definition) is 5. The maximum atomic E-state index is 11.6. The summed E-state index contributed by atoms with van der Waals surface area (Å²) in [6.07, 6.45) is 3.86. The quantitative estimate of drug-likeness (QED) is 0.756. The van der Waals surface area contributed by atoms with E-state index in [0.29, 0.717) is 5.25 Å². The number of carboxylic acids is 1. The highest BCUT2D eigenvalue weighted by molar-refractivity contribution is 8.00. The normalized spacial score (nSPS) is 23.9. The van der Waals surface area contributed by atoms with Crippen molar-refractivity contribution in [3.05, 3.63) is 0 Å². The number of carbonyl (C=O) groups excluding carboxylic acids is 1. The van der Waals surface area contributed by atoms with Crippen LogP contribution in [0.15, 0.2) is 0 Å². The number of thioether (sulfide) groups is 1. The molecule has 0 bridgehead atoms. The van der Waals surface area contributed by atoms with E-state index >= 15 is 0 Å². The van der Waals surface area contributed by atoms with Gasteiger partial charge in [0, 0.05) is 11.3 Å². The molecule has 0 aromatic carbocycles. The summed E-state index contributed by atoms with van der Waals surface area (Å²) in [6, 6.07) is 0.131. The molecule has 0 saturated heterocycles. The van der Waals surface area contributed by atoms with Crippen molar-refractivity contribution >= 4 is 23.7 Å². The highest BCUT2D eigenvalue weighted by atomic mass is 32.2. The van der Waals surface area contributed by atoms with Crippen molar-refractivity contribution in [3.63, 3.8) is 0 Å². The van der Waals surface area contributed by atoms with Crippen LogP contribution in [0.3, 0.4) is 0 Å². The Labute approximate surface area is 118 Å². The van der Waals surface area contributed by atoms with Gasteiger partial charge in [0.15, 0.2) is 0 Å². The number of rotatable bonds is 5. The Morgan fingerprint density at radius 3 is 2.63 bits per heavy atom. The van der Waals surface area contributed by atoms with Crippen molar-refractivity contribution in [2.45, 2.75) is 57.7 Å². The highest BCUT2D eigenvalue weighted by Crippen LogP contribution is 2.28. The maximum Gasteiger partial charge on any atom is 0.329 e. The Morgan fingerprint density at radius 1 is 1.37 bits per heavy atom. The Kier molecular flexibility index (Phi) is 6.13. The number of nitrogens with one attached hydrogen (secondary N) is 1. The summed E-state index contributed by atoms with van der Waals surface area (Å²) in [6.45, 7) is 5.43. The van der Waals surface area contributed by atoms with Gasteiger partial charge in [0.1, 0.15) is 0 Å². The second-order valence-corrected chi connectivity index (χ2v) is 7.24. The number of aliphatic carboxylic acids is 1. The molecule has 6 heteroatoms. The van der Waals surface area contributed by atoms with Crippen LogP contribution in [0.4, 0.5) is 0 Å². The van der Waals surface area contributed by atoms with Crippen LogP contribution in [0, 0.1) is 5.41 Å². The second kappa shape index (κ2) is 7.14. The summed E-state index contributed by atoms with van der Waals surface area (Å²) in [4.78, 5) is 27.3. The first-order chi connectivity index (χ1) is 8.79.